The van der Waals surface area contributed by atoms with Crippen LogP contribution in [0.3, 0.4) is 0 Å². The van der Waals surface area contributed by atoms with Gasteiger partial charge in [0.2, 0.25) is 5.91 Å². The van der Waals surface area contributed by atoms with Crippen LogP contribution < -0.4 is 10.6 Å². The van der Waals surface area contributed by atoms with Crippen LogP contribution in [0.5, 0.6) is 0 Å². The Morgan fingerprint density at radius 1 is 1.26 bits per heavy atom. The zero-order chi connectivity index (χ0) is 13.8. The second-order valence-electron chi connectivity index (χ2n) is 4.81. The summed E-state index contributed by atoms with van der Waals surface area (Å²) < 4.78 is 5.41. The topological polar surface area (TPSA) is 67.4 Å². The molecule has 0 radical (unpaired) electrons. The number of benzene rings is 1. The first-order chi connectivity index (χ1) is 9.06. The Morgan fingerprint density at radius 3 is 2.53 bits per heavy atom. The molecule has 19 heavy (non-hydrogen) atoms. The van der Waals surface area contributed by atoms with Crippen molar-refractivity contribution in [2.45, 2.75) is 26.4 Å². The average Bonchev–Trinajstić information content (AvgIpc) is 2.75. The van der Waals surface area contributed by atoms with Gasteiger partial charge in [-0.2, -0.15) is 0 Å². The van der Waals surface area contributed by atoms with Gasteiger partial charge in [-0.25, -0.2) is 0 Å². The minimum atomic E-state index is -0.385. The van der Waals surface area contributed by atoms with Crippen molar-refractivity contribution >= 4 is 23.2 Å². The predicted octanol–water partition coefficient (Wildman–Crippen LogP) is 2.01. The van der Waals surface area contributed by atoms with E-state index in [1.807, 2.05) is 6.92 Å². The van der Waals surface area contributed by atoms with E-state index in [0.29, 0.717) is 18.0 Å². The summed E-state index contributed by atoms with van der Waals surface area (Å²) in [5, 5.41) is 5.49. The molecule has 2 unspecified atom stereocenters. The van der Waals surface area contributed by atoms with Gasteiger partial charge in [0.25, 0.3) is 5.91 Å². The average molecular weight is 262 g/mol. The molecule has 1 fully saturated rings. The van der Waals surface area contributed by atoms with E-state index in [1.165, 1.54) is 6.92 Å². The van der Waals surface area contributed by atoms with Crippen LogP contribution in [0.1, 0.15) is 20.3 Å². The number of nitrogens with one attached hydrogen (secondary N) is 2. The standard InChI is InChI=1S/C14H18N2O3/c1-9-6-7-19-13(9)14(18)16-12-5-3-4-11(8-12)15-10(2)17/h3-5,8-9,13H,6-7H2,1-2H3,(H,15,17)(H,16,18). The van der Waals surface area contributed by atoms with Crippen LogP contribution >= 0.6 is 0 Å². The molecule has 5 nitrogen and oxygen atoms in total. The van der Waals surface area contributed by atoms with E-state index in [1.54, 1.807) is 24.3 Å². The van der Waals surface area contributed by atoms with Crippen molar-refractivity contribution in [1.82, 2.24) is 0 Å². The number of carbonyl (C=O) groups excluding carboxylic acids is 2. The number of carbonyl (C=O) groups is 2. The Labute approximate surface area is 112 Å². The van der Waals surface area contributed by atoms with Gasteiger partial charge in [0, 0.05) is 24.9 Å². The smallest absolute Gasteiger partial charge is 0.253 e. The van der Waals surface area contributed by atoms with Gasteiger partial charge in [-0.3, -0.25) is 9.59 Å². The molecule has 2 atom stereocenters. The summed E-state index contributed by atoms with van der Waals surface area (Å²) >= 11 is 0. The zero-order valence-electron chi connectivity index (χ0n) is 11.1. The van der Waals surface area contributed by atoms with E-state index in [2.05, 4.69) is 10.6 Å². The largest absolute Gasteiger partial charge is 0.368 e. The Kier molecular flexibility index (Phi) is 4.16. The van der Waals surface area contributed by atoms with Gasteiger partial charge < -0.3 is 15.4 Å². The fraction of sp³-hybridized carbons (Fsp3) is 0.429. The van der Waals surface area contributed by atoms with Crippen LogP contribution in [0.2, 0.25) is 0 Å². The third-order valence-electron chi connectivity index (χ3n) is 3.10. The van der Waals surface area contributed by atoms with Crippen molar-refractivity contribution in [3.8, 4) is 0 Å². The van der Waals surface area contributed by atoms with E-state index in [9.17, 15) is 9.59 Å². The van der Waals surface area contributed by atoms with Crippen LogP contribution in [-0.4, -0.2) is 24.5 Å². The van der Waals surface area contributed by atoms with Gasteiger partial charge in [0.1, 0.15) is 6.10 Å². The molecule has 0 bridgehead atoms. The van der Waals surface area contributed by atoms with Crippen molar-refractivity contribution in [2.24, 2.45) is 5.92 Å². The summed E-state index contributed by atoms with van der Waals surface area (Å²) in [4.78, 5) is 23.0. The minimum Gasteiger partial charge on any atom is -0.368 e. The van der Waals surface area contributed by atoms with E-state index in [0.717, 1.165) is 6.42 Å². The van der Waals surface area contributed by atoms with Crippen molar-refractivity contribution in [3.63, 3.8) is 0 Å². The lowest BCUT2D eigenvalue weighted by Gasteiger charge is -2.15. The second kappa shape index (κ2) is 5.84. The summed E-state index contributed by atoms with van der Waals surface area (Å²) in [5.41, 5.74) is 1.31. The minimum absolute atomic E-state index is 0.134. The molecule has 2 N–H and O–H groups in total. The molecule has 1 aromatic carbocycles. The third kappa shape index (κ3) is 3.54. The summed E-state index contributed by atoms with van der Waals surface area (Å²) in [7, 11) is 0. The molecular weight excluding hydrogens is 244 g/mol. The van der Waals surface area contributed by atoms with Crippen LogP contribution in [0.4, 0.5) is 11.4 Å². The normalized spacial score (nSPS) is 22.0. The molecule has 0 aromatic heterocycles. The molecule has 5 heteroatoms. The van der Waals surface area contributed by atoms with Crippen LogP contribution in [0.15, 0.2) is 24.3 Å². The monoisotopic (exact) mass is 262 g/mol. The molecule has 2 amide bonds. The fourth-order valence-corrected chi connectivity index (χ4v) is 2.12. The van der Waals surface area contributed by atoms with Gasteiger partial charge in [-0.05, 0) is 30.5 Å². The van der Waals surface area contributed by atoms with Crippen molar-refractivity contribution in [2.75, 3.05) is 17.2 Å². The summed E-state index contributed by atoms with van der Waals surface area (Å²) in [6.45, 7) is 4.08. The van der Waals surface area contributed by atoms with E-state index >= 15 is 0 Å². The quantitative estimate of drug-likeness (QED) is 0.875. The number of hydrogen-bond acceptors (Lipinski definition) is 3. The lowest BCUT2D eigenvalue weighted by Crippen LogP contribution is -2.31. The number of ether oxygens (including phenoxy) is 1. The highest BCUT2D eigenvalue weighted by molar-refractivity contribution is 5.96. The zero-order valence-corrected chi connectivity index (χ0v) is 11.1. The second-order valence-corrected chi connectivity index (χ2v) is 4.81. The molecule has 102 valence electrons. The van der Waals surface area contributed by atoms with E-state index in [-0.39, 0.29) is 23.8 Å². The van der Waals surface area contributed by atoms with Gasteiger partial charge >= 0.3 is 0 Å². The van der Waals surface area contributed by atoms with Crippen LogP contribution in [0, 0.1) is 5.92 Å². The SMILES string of the molecule is CC(=O)Nc1cccc(NC(=O)C2OCCC2C)c1. The number of hydrogen-bond donors (Lipinski definition) is 2. The molecule has 1 heterocycles. The van der Waals surface area contributed by atoms with Gasteiger partial charge in [-0.1, -0.05) is 13.0 Å². The maximum atomic E-state index is 12.0. The summed E-state index contributed by atoms with van der Waals surface area (Å²) in [6, 6.07) is 7.05. The van der Waals surface area contributed by atoms with Gasteiger partial charge in [0.05, 0.1) is 0 Å². The summed E-state index contributed by atoms with van der Waals surface area (Å²) in [6.07, 6.45) is 0.522. The van der Waals surface area contributed by atoms with Crippen molar-refractivity contribution in [1.29, 1.82) is 0 Å². The number of anilines is 2. The Bertz CT molecular complexity index is 487. The molecule has 0 spiro atoms. The molecule has 1 aliphatic heterocycles. The fourth-order valence-electron chi connectivity index (χ4n) is 2.12. The lowest BCUT2D eigenvalue weighted by atomic mass is 10.0. The first-order valence-corrected chi connectivity index (χ1v) is 6.36. The highest BCUT2D eigenvalue weighted by atomic mass is 16.5. The maximum Gasteiger partial charge on any atom is 0.253 e. The summed E-state index contributed by atoms with van der Waals surface area (Å²) in [5.74, 6) is -0.0419. The first-order valence-electron chi connectivity index (χ1n) is 6.36. The molecular formula is C14H18N2O3. The van der Waals surface area contributed by atoms with Gasteiger partial charge in [-0.15, -0.1) is 0 Å². The van der Waals surface area contributed by atoms with E-state index < -0.39 is 0 Å². The van der Waals surface area contributed by atoms with Crippen LogP contribution in [0.25, 0.3) is 0 Å². The number of rotatable bonds is 3. The predicted molar refractivity (Wildman–Crippen MR) is 72.9 cm³/mol. The molecule has 2 rings (SSSR count). The third-order valence-corrected chi connectivity index (χ3v) is 3.10. The highest BCUT2D eigenvalue weighted by Gasteiger charge is 2.30. The molecule has 0 aliphatic carbocycles. The van der Waals surface area contributed by atoms with Crippen molar-refractivity contribution in [3.05, 3.63) is 24.3 Å². The molecule has 1 aromatic rings. The Balaban J connectivity index is 2.02. The van der Waals surface area contributed by atoms with Crippen LogP contribution in [-0.2, 0) is 14.3 Å². The molecule has 0 saturated carbocycles. The van der Waals surface area contributed by atoms with Gasteiger partial charge in [0.15, 0.2) is 0 Å². The first kappa shape index (κ1) is 13.5. The Morgan fingerprint density at radius 2 is 1.95 bits per heavy atom. The highest BCUT2D eigenvalue weighted by Crippen LogP contribution is 2.22. The van der Waals surface area contributed by atoms with E-state index in [4.69, 9.17) is 4.74 Å². The van der Waals surface area contributed by atoms with Crippen molar-refractivity contribution < 1.29 is 14.3 Å². The Hall–Kier alpha value is -1.88. The molecule has 1 aliphatic rings. The lowest BCUT2D eigenvalue weighted by molar-refractivity contribution is -0.126. The molecule has 1 saturated heterocycles. The maximum absolute atomic E-state index is 12.0. The number of amides is 2.